The van der Waals surface area contributed by atoms with Crippen LogP contribution in [0.2, 0.25) is 0 Å². The van der Waals surface area contributed by atoms with Gasteiger partial charge in [-0.3, -0.25) is 14.3 Å². The molecule has 5 nitrogen and oxygen atoms in total. The molecular weight excluding hydrogens is 261 g/mol. The SMILES string of the molecule is Cc1cc(F)cc2c1N(CCn1cccn1)C(=O)C2=O. The van der Waals surface area contributed by atoms with Gasteiger partial charge in [-0.2, -0.15) is 5.10 Å². The van der Waals surface area contributed by atoms with E-state index < -0.39 is 17.5 Å². The zero-order chi connectivity index (χ0) is 14.3. The number of halogens is 1. The third-order valence-electron chi connectivity index (χ3n) is 3.33. The van der Waals surface area contributed by atoms with Gasteiger partial charge in [0.25, 0.3) is 11.7 Å². The number of carbonyl (C=O) groups excluding carboxylic acids is 2. The summed E-state index contributed by atoms with van der Waals surface area (Å²) in [5.41, 5.74) is 1.24. The van der Waals surface area contributed by atoms with E-state index in [-0.39, 0.29) is 5.56 Å². The largest absolute Gasteiger partial charge is 0.303 e. The second kappa shape index (κ2) is 4.56. The lowest BCUT2D eigenvalue weighted by atomic mass is 10.1. The van der Waals surface area contributed by atoms with Gasteiger partial charge in [0.05, 0.1) is 17.8 Å². The van der Waals surface area contributed by atoms with E-state index >= 15 is 0 Å². The van der Waals surface area contributed by atoms with Gasteiger partial charge in [0.2, 0.25) is 0 Å². The minimum Gasteiger partial charge on any atom is -0.303 e. The second-order valence-electron chi connectivity index (χ2n) is 4.67. The Morgan fingerprint density at radius 1 is 1.25 bits per heavy atom. The first kappa shape index (κ1) is 12.5. The van der Waals surface area contributed by atoms with Crippen molar-refractivity contribution in [3.05, 3.63) is 47.5 Å². The predicted octanol–water partition coefficient (Wildman–Crippen LogP) is 1.56. The Balaban J connectivity index is 1.93. The van der Waals surface area contributed by atoms with E-state index in [4.69, 9.17) is 0 Å². The summed E-state index contributed by atoms with van der Waals surface area (Å²) in [6.07, 6.45) is 3.42. The van der Waals surface area contributed by atoms with Crippen LogP contribution >= 0.6 is 0 Å². The number of amides is 1. The number of nitrogens with zero attached hydrogens (tertiary/aromatic N) is 3. The maximum Gasteiger partial charge on any atom is 0.299 e. The maximum absolute atomic E-state index is 13.4. The molecular formula is C14H12FN3O2. The first-order valence-electron chi connectivity index (χ1n) is 6.21. The van der Waals surface area contributed by atoms with Crippen molar-refractivity contribution < 1.29 is 14.0 Å². The summed E-state index contributed by atoms with van der Waals surface area (Å²) in [4.78, 5) is 25.3. The minimum absolute atomic E-state index is 0.146. The second-order valence-corrected chi connectivity index (χ2v) is 4.67. The van der Waals surface area contributed by atoms with E-state index in [0.29, 0.717) is 24.3 Å². The number of carbonyl (C=O) groups is 2. The molecule has 0 spiro atoms. The van der Waals surface area contributed by atoms with E-state index in [0.717, 1.165) is 6.07 Å². The van der Waals surface area contributed by atoms with Gasteiger partial charge < -0.3 is 4.90 Å². The van der Waals surface area contributed by atoms with Gasteiger partial charge in [-0.1, -0.05) is 0 Å². The highest BCUT2D eigenvalue weighted by molar-refractivity contribution is 6.52. The molecule has 2 aromatic rings. The fraction of sp³-hybridized carbons (Fsp3) is 0.214. The van der Waals surface area contributed by atoms with Crippen LogP contribution in [-0.2, 0) is 11.3 Å². The Morgan fingerprint density at radius 2 is 2.05 bits per heavy atom. The number of hydrogen-bond donors (Lipinski definition) is 0. The zero-order valence-electron chi connectivity index (χ0n) is 10.8. The molecule has 0 saturated heterocycles. The molecule has 0 unspecified atom stereocenters. The number of fused-ring (bicyclic) bond motifs is 1. The number of anilines is 1. The van der Waals surface area contributed by atoms with Gasteiger partial charge in [-0.15, -0.1) is 0 Å². The van der Waals surface area contributed by atoms with Crippen LogP contribution in [0.5, 0.6) is 0 Å². The van der Waals surface area contributed by atoms with Gasteiger partial charge in [0.15, 0.2) is 0 Å². The lowest BCUT2D eigenvalue weighted by molar-refractivity contribution is -0.114. The summed E-state index contributed by atoms with van der Waals surface area (Å²) in [5, 5.41) is 4.05. The van der Waals surface area contributed by atoms with Crippen molar-refractivity contribution in [3.63, 3.8) is 0 Å². The molecule has 0 fully saturated rings. The van der Waals surface area contributed by atoms with Crippen molar-refractivity contribution in [2.45, 2.75) is 13.5 Å². The van der Waals surface area contributed by atoms with Gasteiger partial charge in [-0.05, 0) is 30.7 Å². The monoisotopic (exact) mass is 273 g/mol. The van der Waals surface area contributed by atoms with Crippen molar-refractivity contribution >= 4 is 17.4 Å². The minimum atomic E-state index is -0.650. The van der Waals surface area contributed by atoms with E-state index in [1.54, 1.807) is 30.1 Å². The van der Waals surface area contributed by atoms with Crippen LogP contribution in [0.1, 0.15) is 15.9 Å². The van der Waals surface area contributed by atoms with Gasteiger partial charge >= 0.3 is 0 Å². The first-order chi connectivity index (χ1) is 9.58. The molecule has 0 radical (unpaired) electrons. The molecule has 0 aliphatic carbocycles. The van der Waals surface area contributed by atoms with Crippen molar-refractivity contribution in [1.82, 2.24) is 9.78 Å². The number of aromatic nitrogens is 2. The quantitative estimate of drug-likeness (QED) is 0.797. The molecule has 0 saturated carbocycles. The van der Waals surface area contributed by atoms with Crippen LogP contribution in [0.15, 0.2) is 30.6 Å². The summed E-state index contributed by atoms with van der Waals surface area (Å²) in [6.45, 7) is 2.49. The lowest BCUT2D eigenvalue weighted by Crippen LogP contribution is -2.33. The molecule has 0 N–H and O–H groups in total. The molecule has 1 aliphatic heterocycles. The van der Waals surface area contributed by atoms with Crippen LogP contribution in [0.4, 0.5) is 10.1 Å². The summed E-state index contributed by atoms with van der Waals surface area (Å²) in [6, 6.07) is 4.23. The average Bonchev–Trinajstić information content (AvgIpc) is 2.98. The fourth-order valence-corrected chi connectivity index (χ4v) is 2.45. The Labute approximate surface area is 114 Å². The highest BCUT2D eigenvalue weighted by atomic mass is 19.1. The summed E-state index contributed by atoms with van der Waals surface area (Å²) in [7, 11) is 0. The van der Waals surface area contributed by atoms with Crippen molar-refractivity contribution in [2.24, 2.45) is 0 Å². The topological polar surface area (TPSA) is 55.2 Å². The normalized spacial score (nSPS) is 14.0. The Kier molecular flexibility index (Phi) is 2.85. The van der Waals surface area contributed by atoms with Gasteiger partial charge in [-0.25, -0.2) is 4.39 Å². The first-order valence-corrected chi connectivity index (χ1v) is 6.21. The number of hydrogen-bond acceptors (Lipinski definition) is 3. The molecule has 1 amide bonds. The Morgan fingerprint density at radius 3 is 2.75 bits per heavy atom. The Hall–Kier alpha value is -2.50. The van der Waals surface area contributed by atoms with Crippen LogP contribution in [0.3, 0.4) is 0 Å². The molecule has 0 atom stereocenters. The molecule has 1 aromatic carbocycles. The molecule has 1 aliphatic rings. The molecule has 0 bridgehead atoms. The van der Waals surface area contributed by atoms with E-state index in [9.17, 15) is 14.0 Å². The predicted molar refractivity (Wildman–Crippen MR) is 70.0 cm³/mol. The molecule has 2 heterocycles. The summed E-state index contributed by atoms with van der Waals surface area (Å²) < 4.78 is 15.0. The summed E-state index contributed by atoms with van der Waals surface area (Å²) >= 11 is 0. The third kappa shape index (κ3) is 1.89. The summed E-state index contributed by atoms with van der Waals surface area (Å²) in [5.74, 6) is -1.76. The Bertz CT molecular complexity index is 695. The maximum atomic E-state index is 13.4. The van der Waals surface area contributed by atoms with E-state index in [1.807, 2.05) is 0 Å². The van der Waals surface area contributed by atoms with Gasteiger partial charge in [0, 0.05) is 18.9 Å². The van der Waals surface area contributed by atoms with Crippen LogP contribution < -0.4 is 4.90 Å². The highest BCUT2D eigenvalue weighted by Gasteiger charge is 2.37. The number of benzene rings is 1. The van der Waals surface area contributed by atoms with Crippen LogP contribution in [-0.4, -0.2) is 28.0 Å². The molecule has 20 heavy (non-hydrogen) atoms. The zero-order valence-corrected chi connectivity index (χ0v) is 10.8. The van der Waals surface area contributed by atoms with Crippen molar-refractivity contribution in [1.29, 1.82) is 0 Å². The van der Waals surface area contributed by atoms with E-state index in [1.165, 1.54) is 11.0 Å². The standard InChI is InChI=1S/C14H12FN3O2/c1-9-7-10(15)8-11-12(9)18(14(20)13(11)19)6-5-17-4-2-3-16-17/h2-4,7-8H,5-6H2,1H3. The van der Waals surface area contributed by atoms with E-state index in [2.05, 4.69) is 5.10 Å². The molecule has 6 heteroatoms. The smallest absolute Gasteiger partial charge is 0.299 e. The van der Waals surface area contributed by atoms with Crippen LogP contribution in [0, 0.1) is 12.7 Å². The van der Waals surface area contributed by atoms with Crippen LogP contribution in [0.25, 0.3) is 0 Å². The lowest BCUT2D eigenvalue weighted by Gasteiger charge is -2.18. The van der Waals surface area contributed by atoms with Crippen molar-refractivity contribution in [2.75, 3.05) is 11.4 Å². The molecule has 3 rings (SSSR count). The molecule has 102 valence electrons. The van der Waals surface area contributed by atoms with Gasteiger partial charge in [0.1, 0.15) is 5.82 Å². The average molecular weight is 273 g/mol. The third-order valence-corrected chi connectivity index (χ3v) is 3.33. The molecule has 1 aromatic heterocycles. The number of ketones is 1. The van der Waals surface area contributed by atoms with Crippen molar-refractivity contribution in [3.8, 4) is 0 Å². The number of rotatable bonds is 3. The highest BCUT2D eigenvalue weighted by Crippen LogP contribution is 2.33. The fourth-order valence-electron chi connectivity index (χ4n) is 2.45. The number of Topliss-reactive ketones (excluding diaryl/α,β-unsaturated/α-hetero) is 1. The number of aryl methyl sites for hydroxylation is 1.